The van der Waals surface area contributed by atoms with Crippen molar-refractivity contribution >= 4 is 5.96 Å². The zero-order chi connectivity index (χ0) is 20.9. The standard InChI is InChI=1S/C27H31N3/c1-21(24-13-7-4-8-14-24)28-27-29(22(2)25-15-9-5-10-16-25)19-20-30(27)23(3)26-17-11-6-12-18-26/h4-18,21-23H,19-20H2,1-3H3/t21-,22-,23-/m0/s1. The molecular weight excluding hydrogens is 366 g/mol. The topological polar surface area (TPSA) is 18.8 Å². The van der Waals surface area contributed by atoms with Crippen LogP contribution in [-0.4, -0.2) is 28.8 Å². The normalized spacial score (nSPS) is 17.0. The molecule has 1 saturated heterocycles. The average Bonchev–Trinajstić information content (AvgIpc) is 3.23. The molecule has 1 heterocycles. The van der Waals surface area contributed by atoms with E-state index < -0.39 is 0 Å². The summed E-state index contributed by atoms with van der Waals surface area (Å²) in [7, 11) is 0. The smallest absolute Gasteiger partial charge is 0.198 e. The summed E-state index contributed by atoms with van der Waals surface area (Å²) in [6.07, 6.45) is 0. The summed E-state index contributed by atoms with van der Waals surface area (Å²) < 4.78 is 0. The van der Waals surface area contributed by atoms with E-state index in [0.29, 0.717) is 0 Å². The first-order chi connectivity index (χ1) is 14.6. The van der Waals surface area contributed by atoms with Crippen LogP contribution in [0.15, 0.2) is 96.0 Å². The molecule has 0 aliphatic carbocycles. The largest absolute Gasteiger partial charge is 0.334 e. The van der Waals surface area contributed by atoms with Crippen LogP contribution in [0.2, 0.25) is 0 Å². The van der Waals surface area contributed by atoms with E-state index in [1.807, 2.05) is 0 Å². The van der Waals surface area contributed by atoms with Gasteiger partial charge in [0, 0.05) is 13.1 Å². The van der Waals surface area contributed by atoms with Crippen molar-refractivity contribution in [3.8, 4) is 0 Å². The van der Waals surface area contributed by atoms with Crippen molar-refractivity contribution in [2.45, 2.75) is 38.9 Å². The van der Waals surface area contributed by atoms with Gasteiger partial charge in [-0.2, -0.15) is 0 Å². The molecule has 1 fully saturated rings. The predicted octanol–water partition coefficient (Wildman–Crippen LogP) is 6.24. The van der Waals surface area contributed by atoms with Gasteiger partial charge in [-0.1, -0.05) is 91.0 Å². The zero-order valence-corrected chi connectivity index (χ0v) is 18.1. The molecule has 3 heteroatoms. The van der Waals surface area contributed by atoms with Gasteiger partial charge in [-0.05, 0) is 37.5 Å². The lowest BCUT2D eigenvalue weighted by Gasteiger charge is -2.32. The lowest BCUT2D eigenvalue weighted by molar-refractivity contribution is 0.357. The van der Waals surface area contributed by atoms with E-state index in [-0.39, 0.29) is 18.1 Å². The maximum Gasteiger partial charge on any atom is 0.198 e. The van der Waals surface area contributed by atoms with Crippen molar-refractivity contribution in [2.75, 3.05) is 13.1 Å². The minimum atomic E-state index is 0.107. The first kappa shape index (κ1) is 20.2. The number of rotatable bonds is 6. The Balaban J connectivity index is 1.69. The third-order valence-corrected chi connectivity index (χ3v) is 6.19. The van der Waals surface area contributed by atoms with E-state index >= 15 is 0 Å². The summed E-state index contributed by atoms with van der Waals surface area (Å²) in [6, 6.07) is 32.7. The van der Waals surface area contributed by atoms with Crippen LogP contribution < -0.4 is 0 Å². The number of benzene rings is 3. The first-order valence-corrected chi connectivity index (χ1v) is 10.9. The zero-order valence-electron chi connectivity index (χ0n) is 18.1. The third kappa shape index (κ3) is 4.25. The van der Waals surface area contributed by atoms with Crippen LogP contribution in [-0.2, 0) is 0 Å². The predicted molar refractivity (Wildman–Crippen MR) is 125 cm³/mol. The second-order valence-electron chi connectivity index (χ2n) is 8.08. The van der Waals surface area contributed by atoms with Crippen LogP contribution in [0.3, 0.4) is 0 Å². The highest BCUT2D eigenvalue weighted by molar-refractivity contribution is 5.83. The molecule has 3 aromatic rings. The molecule has 0 aromatic heterocycles. The van der Waals surface area contributed by atoms with E-state index in [2.05, 4.69) is 122 Å². The van der Waals surface area contributed by atoms with Gasteiger partial charge in [0.25, 0.3) is 0 Å². The van der Waals surface area contributed by atoms with Crippen LogP contribution in [0.25, 0.3) is 0 Å². The van der Waals surface area contributed by atoms with E-state index in [1.54, 1.807) is 0 Å². The molecule has 0 N–H and O–H groups in total. The van der Waals surface area contributed by atoms with Gasteiger partial charge in [0.2, 0.25) is 0 Å². The molecule has 0 bridgehead atoms. The van der Waals surface area contributed by atoms with E-state index in [4.69, 9.17) is 4.99 Å². The van der Waals surface area contributed by atoms with Crippen LogP contribution in [0.5, 0.6) is 0 Å². The molecule has 3 atom stereocenters. The number of guanidine groups is 1. The molecule has 3 nitrogen and oxygen atoms in total. The summed E-state index contributed by atoms with van der Waals surface area (Å²) in [5.74, 6) is 1.10. The van der Waals surface area contributed by atoms with Crippen LogP contribution in [0.4, 0.5) is 0 Å². The second-order valence-corrected chi connectivity index (χ2v) is 8.08. The van der Waals surface area contributed by atoms with Gasteiger partial charge in [-0.3, -0.25) is 0 Å². The fourth-order valence-electron chi connectivity index (χ4n) is 4.26. The maximum absolute atomic E-state index is 5.27. The fourth-order valence-corrected chi connectivity index (χ4v) is 4.26. The fraction of sp³-hybridized carbons (Fsp3) is 0.296. The SMILES string of the molecule is C[C@H](N=C1N([C@@H](C)c2ccccc2)CCN1[C@@H](C)c1ccccc1)c1ccccc1. The molecule has 1 aliphatic heterocycles. The Morgan fingerprint density at radius 3 is 1.33 bits per heavy atom. The first-order valence-electron chi connectivity index (χ1n) is 10.9. The van der Waals surface area contributed by atoms with Gasteiger partial charge in [-0.25, -0.2) is 4.99 Å². The molecule has 30 heavy (non-hydrogen) atoms. The summed E-state index contributed by atoms with van der Waals surface area (Å²) in [5.41, 5.74) is 3.90. The van der Waals surface area contributed by atoms with E-state index in [1.165, 1.54) is 16.7 Å². The van der Waals surface area contributed by atoms with Gasteiger partial charge < -0.3 is 9.80 Å². The van der Waals surface area contributed by atoms with Crippen molar-refractivity contribution in [2.24, 2.45) is 4.99 Å². The lowest BCUT2D eigenvalue weighted by Crippen LogP contribution is -2.37. The Morgan fingerprint density at radius 1 is 0.567 bits per heavy atom. The number of hydrogen-bond donors (Lipinski definition) is 0. The summed E-state index contributed by atoms with van der Waals surface area (Å²) in [4.78, 5) is 10.2. The van der Waals surface area contributed by atoms with Crippen molar-refractivity contribution in [3.63, 3.8) is 0 Å². The van der Waals surface area contributed by atoms with Crippen LogP contribution in [0, 0.1) is 0 Å². The Kier molecular flexibility index (Phi) is 6.18. The molecule has 0 spiro atoms. The van der Waals surface area contributed by atoms with Crippen LogP contribution >= 0.6 is 0 Å². The van der Waals surface area contributed by atoms with Gasteiger partial charge in [-0.15, -0.1) is 0 Å². The highest BCUT2D eigenvalue weighted by Crippen LogP contribution is 2.32. The molecular formula is C27H31N3. The quantitative estimate of drug-likeness (QED) is 0.490. The van der Waals surface area contributed by atoms with Crippen molar-refractivity contribution in [1.82, 2.24) is 9.80 Å². The molecule has 0 unspecified atom stereocenters. The molecule has 0 amide bonds. The van der Waals surface area contributed by atoms with Crippen molar-refractivity contribution < 1.29 is 0 Å². The molecule has 0 saturated carbocycles. The third-order valence-electron chi connectivity index (χ3n) is 6.19. The molecule has 154 valence electrons. The van der Waals surface area contributed by atoms with E-state index in [9.17, 15) is 0 Å². The highest BCUT2D eigenvalue weighted by atomic mass is 15.5. The molecule has 4 rings (SSSR count). The Bertz CT molecular complexity index is 898. The minimum Gasteiger partial charge on any atom is -0.334 e. The second kappa shape index (κ2) is 9.17. The van der Waals surface area contributed by atoms with Gasteiger partial charge in [0.1, 0.15) is 0 Å². The summed E-state index contributed by atoms with van der Waals surface area (Å²) in [5, 5.41) is 0. The Hall–Kier alpha value is -3.07. The lowest BCUT2D eigenvalue weighted by atomic mass is 10.1. The average molecular weight is 398 g/mol. The molecule has 3 aromatic carbocycles. The number of aliphatic imine (C=N–C) groups is 1. The van der Waals surface area contributed by atoms with Gasteiger partial charge in [0.05, 0.1) is 18.1 Å². The maximum atomic E-state index is 5.27. The highest BCUT2D eigenvalue weighted by Gasteiger charge is 2.34. The van der Waals surface area contributed by atoms with Crippen molar-refractivity contribution in [1.29, 1.82) is 0 Å². The Morgan fingerprint density at radius 2 is 0.933 bits per heavy atom. The van der Waals surface area contributed by atoms with Gasteiger partial charge in [0.15, 0.2) is 5.96 Å². The molecule has 1 aliphatic rings. The number of hydrogen-bond acceptors (Lipinski definition) is 1. The Labute approximate surface area is 180 Å². The molecule has 0 radical (unpaired) electrons. The monoisotopic (exact) mass is 397 g/mol. The van der Waals surface area contributed by atoms with Crippen molar-refractivity contribution in [3.05, 3.63) is 108 Å². The van der Waals surface area contributed by atoms with Crippen LogP contribution in [0.1, 0.15) is 55.6 Å². The summed E-state index contributed by atoms with van der Waals surface area (Å²) >= 11 is 0. The number of nitrogens with zero attached hydrogens (tertiary/aromatic N) is 3. The minimum absolute atomic E-state index is 0.107. The van der Waals surface area contributed by atoms with Gasteiger partial charge >= 0.3 is 0 Å². The summed E-state index contributed by atoms with van der Waals surface area (Å²) in [6.45, 7) is 8.72. The van der Waals surface area contributed by atoms with E-state index in [0.717, 1.165) is 19.0 Å².